The molecule has 0 radical (unpaired) electrons. The van der Waals surface area contributed by atoms with Gasteiger partial charge >= 0.3 is 5.97 Å². The number of aromatic carboxylic acids is 1. The van der Waals surface area contributed by atoms with E-state index in [2.05, 4.69) is 4.72 Å². The number of hydrogen-bond acceptors (Lipinski definition) is 4. The van der Waals surface area contributed by atoms with Gasteiger partial charge in [0.2, 0.25) is 10.9 Å². The van der Waals surface area contributed by atoms with Gasteiger partial charge in [-0.3, -0.25) is 0 Å². The van der Waals surface area contributed by atoms with Crippen molar-refractivity contribution in [3.8, 4) is 0 Å². The van der Waals surface area contributed by atoms with E-state index in [1.54, 1.807) is 0 Å². The van der Waals surface area contributed by atoms with Gasteiger partial charge in [0.15, 0.2) is 0 Å². The molecule has 112 valence electrons. The zero-order valence-electron chi connectivity index (χ0n) is 11.3. The maximum atomic E-state index is 12.1. The first kappa shape index (κ1) is 15.1. The number of hydrogen-bond donors (Lipinski definition) is 2. The molecule has 0 aliphatic heterocycles. The van der Waals surface area contributed by atoms with Crippen LogP contribution in [0.2, 0.25) is 0 Å². The number of rotatable bonds is 5. The summed E-state index contributed by atoms with van der Waals surface area (Å²) < 4.78 is 31.7. The third kappa shape index (κ3) is 3.40. The molecule has 1 unspecified atom stereocenters. The van der Waals surface area contributed by atoms with E-state index in [4.69, 9.17) is 9.52 Å². The molecule has 1 saturated carbocycles. The molecule has 1 heterocycles. The van der Waals surface area contributed by atoms with Crippen molar-refractivity contribution in [2.45, 2.75) is 50.2 Å². The van der Waals surface area contributed by atoms with Gasteiger partial charge in [-0.25, -0.2) is 17.9 Å². The van der Waals surface area contributed by atoms with Gasteiger partial charge < -0.3 is 9.52 Å². The molecule has 1 aliphatic carbocycles. The standard InChI is InChI=1S/C13H19NO5S/c1-9(10-5-3-2-4-6-10)14-20(17,18)12-8-7-11(19-12)13(15)16/h7-10,14H,2-6H2,1H3,(H,15,16). The van der Waals surface area contributed by atoms with Gasteiger partial charge in [0.05, 0.1) is 0 Å². The molecule has 0 aromatic carbocycles. The highest BCUT2D eigenvalue weighted by Crippen LogP contribution is 2.27. The van der Waals surface area contributed by atoms with E-state index in [1.807, 2.05) is 6.92 Å². The second-order valence-corrected chi connectivity index (χ2v) is 6.88. The van der Waals surface area contributed by atoms with Crippen LogP contribution < -0.4 is 4.72 Å². The molecule has 0 spiro atoms. The summed E-state index contributed by atoms with van der Waals surface area (Å²) in [5, 5.41) is 8.39. The summed E-state index contributed by atoms with van der Waals surface area (Å²) in [5.41, 5.74) is 0. The smallest absolute Gasteiger partial charge is 0.371 e. The maximum Gasteiger partial charge on any atom is 0.371 e. The van der Waals surface area contributed by atoms with Gasteiger partial charge in [0, 0.05) is 6.04 Å². The van der Waals surface area contributed by atoms with E-state index < -0.39 is 16.0 Å². The summed E-state index contributed by atoms with van der Waals surface area (Å²) in [5.74, 6) is -1.34. The van der Waals surface area contributed by atoms with Crippen LogP contribution in [0.5, 0.6) is 0 Å². The van der Waals surface area contributed by atoms with Crippen LogP contribution in [0.25, 0.3) is 0 Å². The number of sulfonamides is 1. The highest BCUT2D eigenvalue weighted by molar-refractivity contribution is 7.89. The molecule has 1 aromatic rings. The van der Waals surface area contributed by atoms with Gasteiger partial charge in [0.1, 0.15) is 0 Å². The summed E-state index contributed by atoms with van der Waals surface area (Å²) in [6, 6.07) is 2.13. The molecule has 2 N–H and O–H groups in total. The molecule has 7 heteroatoms. The highest BCUT2D eigenvalue weighted by atomic mass is 32.2. The Labute approximate surface area is 118 Å². The molecule has 20 heavy (non-hydrogen) atoms. The van der Waals surface area contributed by atoms with Gasteiger partial charge in [-0.05, 0) is 37.8 Å². The molecule has 1 atom stereocenters. The molecule has 1 aromatic heterocycles. The van der Waals surface area contributed by atoms with Crippen LogP contribution in [0, 0.1) is 5.92 Å². The zero-order chi connectivity index (χ0) is 14.8. The predicted molar refractivity (Wildman–Crippen MR) is 72.0 cm³/mol. The largest absolute Gasteiger partial charge is 0.475 e. The second-order valence-electron chi connectivity index (χ2n) is 5.23. The molecule has 0 amide bonds. The van der Waals surface area contributed by atoms with Crippen LogP contribution in [-0.4, -0.2) is 25.5 Å². The Morgan fingerprint density at radius 3 is 2.55 bits per heavy atom. The Bertz CT molecular complexity index is 571. The first-order chi connectivity index (χ1) is 9.40. The zero-order valence-corrected chi connectivity index (χ0v) is 12.1. The van der Waals surface area contributed by atoms with Crippen molar-refractivity contribution >= 4 is 16.0 Å². The first-order valence-corrected chi connectivity index (χ1v) is 8.24. The minimum absolute atomic E-state index is 0.182. The Morgan fingerprint density at radius 1 is 1.35 bits per heavy atom. The Kier molecular flexibility index (Phi) is 4.49. The van der Waals surface area contributed by atoms with Crippen molar-refractivity contribution in [2.75, 3.05) is 0 Å². The minimum atomic E-state index is -3.80. The fourth-order valence-corrected chi connectivity index (χ4v) is 3.86. The summed E-state index contributed by atoms with van der Waals surface area (Å²) in [7, 11) is -3.80. The molecule has 6 nitrogen and oxygen atoms in total. The van der Waals surface area contributed by atoms with Gasteiger partial charge in [0.25, 0.3) is 10.0 Å². The SMILES string of the molecule is CC(NS(=O)(=O)c1ccc(C(=O)O)o1)C1CCCCC1. The molecule has 0 saturated heterocycles. The van der Waals surface area contributed by atoms with Crippen LogP contribution in [0.4, 0.5) is 0 Å². The lowest BCUT2D eigenvalue weighted by atomic mass is 9.85. The predicted octanol–water partition coefficient (Wildman–Crippen LogP) is 2.22. The Morgan fingerprint density at radius 2 is 2.00 bits per heavy atom. The van der Waals surface area contributed by atoms with Crippen LogP contribution in [0.3, 0.4) is 0 Å². The van der Waals surface area contributed by atoms with E-state index in [1.165, 1.54) is 12.5 Å². The lowest BCUT2D eigenvalue weighted by molar-refractivity contribution is 0.0656. The van der Waals surface area contributed by atoms with Crippen LogP contribution in [0.15, 0.2) is 21.6 Å². The normalized spacial score (nSPS) is 18.9. The van der Waals surface area contributed by atoms with E-state index in [9.17, 15) is 13.2 Å². The highest BCUT2D eigenvalue weighted by Gasteiger charge is 2.27. The first-order valence-electron chi connectivity index (χ1n) is 6.75. The Balaban J connectivity index is 2.07. The fourth-order valence-electron chi connectivity index (χ4n) is 2.61. The van der Waals surface area contributed by atoms with Gasteiger partial charge in [-0.15, -0.1) is 0 Å². The third-order valence-electron chi connectivity index (χ3n) is 3.75. The average molecular weight is 301 g/mol. The molecule has 1 fully saturated rings. The lowest BCUT2D eigenvalue weighted by Crippen LogP contribution is -2.38. The maximum absolute atomic E-state index is 12.1. The van der Waals surface area contributed by atoms with E-state index >= 15 is 0 Å². The van der Waals surface area contributed by atoms with Crippen molar-refractivity contribution in [1.82, 2.24) is 4.72 Å². The van der Waals surface area contributed by atoms with Gasteiger partial charge in [-0.2, -0.15) is 0 Å². The Hall–Kier alpha value is -1.34. The van der Waals surface area contributed by atoms with Crippen LogP contribution >= 0.6 is 0 Å². The topological polar surface area (TPSA) is 96.6 Å². The number of carbonyl (C=O) groups is 1. The molecular formula is C13H19NO5S. The number of carboxylic acid groups (broad SMARTS) is 1. The van der Waals surface area contributed by atoms with Crippen molar-refractivity contribution < 1.29 is 22.7 Å². The lowest BCUT2D eigenvalue weighted by Gasteiger charge is -2.27. The van der Waals surface area contributed by atoms with Crippen molar-refractivity contribution in [3.05, 3.63) is 17.9 Å². The quantitative estimate of drug-likeness (QED) is 0.869. The van der Waals surface area contributed by atoms with E-state index in [0.717, 1.165) is 31.7 Å². The van der Waals surface area contributed by atoms with Crippen molar-refractivity contribution in [1.29, 1.82) is 0 Å². The van der Waals surface area contributed by atoms with Crippen molar-refractivity contribution in [2.24, 2.45) is 5.92 Å². The van der Waals surface area contributed by atoms with Crippen LogP contribution in [0.1, 0.15) is 49.6 Å². The summed E-state index contributed by atoms with van der Waals surface area (Å²) in [6.45, 7) is 1.84. The molecular weight excluding hydrogens is 282 g/mol. The number of nitrogens with one attached hydrogen (secondary N) is 1. The summed E-state index contributed by atoms with van der Waals surface area (Å²) >= 11 is 0. The summed E-state index contributed by atoms with van der Waals surface area (Å²) in [4.78, 5) is 10.7. The molecule has 2 rings (SSSR count). The second kappa shape index (κ2) is 5.97. The van der Waals surface area contributed by atoms with Gasteiger partial charge in [-0.1, -0.05) is 19.3 Å². The monoisotopic (exact) mass is 301 g/mol. The molecule has 1 aliphatic rings. The van der Waals surface area contributed by atoms with Crippen LogP contribution in [-0.2, 0) is 10.0 Å². The third-order valence-corrected chi connectivity index (χ3v) is 5.19. The fraction of sp³-hybridized carbons (Fsp3) is 0.615. The van der Waals surface area contributed by atoms with Crippen molar-refractivity contribution in [3.63, 3.8) is 0 Å². The average Bonchev–Trinajstić information content (AvgIpc) is 2.90. The molecule has 0 bridgehead atoms. The minimum Gasteiger partial charge on any atom is -0.475 e. The van der Waals surface area contributed by atoms with E-state index in [-0.39, 0.29) is 16.9 Å². The summed E-state index contributed by atoms with van der Waals surface area (Å²) in [6.07, 6.45) is 5.49. The van der Waals surface area contributed by atoms with E-state index in [0.29, 0.717) is 5.92 Å². The number of furan rings is 1. The number of carboxylic acids is 1.